The average molecular weight is 365 g/mol. The van der Waals surface area contributed by atoms with Crippen molar-refractivity contribution in [2.24, 2.45) is 0 Å². The number of nitrogens with zero attached hydrogens (tertiary/aromatic N) is 2. The van der Waals surface area contributed by atoms with Gasteiger partial charge >= 0.3 is 12.1 Å². The second-order valence-electron chi connectivity index (χ2n) is 8.70. The van der Waals surface area contributed by atoms with E-state index in [9.17, 15) is 14.4 Å². The lowest BCUT2D eigenvalue weighted by atomic mass is 9.89. The molecule has 7 nitrogen and oxygen atoms in total. The Morgan fingerprint density at radius 3 is 2.42 bits per heavy atom. The summed E-state index contributed by atoms with van der Waals surface area (Å²) in [6.45, 7) is 6.09. The molecule has 1 aliphatic carbocycles. The van der Waals surface area contributed by atoms with Crippen molar-refractivity contribution in [2.75, 3.05) is 6.54 Å². The van der Waals surface area contributed by atoms with Crippen LogP contribution in [-0.4, -0.2) is 58.1 Å². The third-order valence-electron chi connectivity index (χ3n) is 5.53. The van der Waals surface area contributed by atoms with E-state index >= 15 is 0 Å². The van der Waals surface area contributed by atoms with Crippen LogP contribution in [0.3, 0.4) is 0 Å². The summed E-state index contributed by atoms with van der Waals surface area (Å²) in [6, 6.07) is -0.631. The molecule has 1 saturated carbocycles. The van der Waals surface area contributed by atoms with Gasteiger partial charge in [0.05, 0.1) is 12.1 Å². The van der Waals surface area contributed by atoms with Crippen LogP contribution < -0.4 is 5.32 Å². The van der Waals surface area contributed by atoms with Gasteiger partial charge in [-0.05, 0) is 46.5 Å². The Bertz CT molecular complexity index is 566. The number of rotatable bonds is 2. The molecular formula is C19H31N3O4. The van der Waals surface area contributed by atoms with E-state index in [1.54, 1.807) is 4.90 Å². The summed E-state index contributed by atoms with van der Waals surface area (Å²) in [7, 11) is 0. The number of amides is 4. The normalized spacial score (nSPS) is 28.0. The molecular weight excluding hydrogens is 334 g/mol. The molecule has 0 aromatic carbocycles. The van der Waals surface area contributed by atoms with Gasteiger partial charge in [-0.3, -0.25) is 9.69 Å². The number of imide groups is 1. The summed E-state index contributed by atoms with van der Waals surface area (Å²) in [5, 5.41) is 2.88. The molecule has 2 aliphatic heterocycles. The number of fused-ring (bicyclic) bond motifs is 1. The minimum atomic E-state index is -0.575. The molecule has 2 atom stereocenters. The quantitative estimate of drug-likeness (QED) is 0.816. The van der Waals surface area contributed by atoms with Gasteiger partial charge in [-0.1, -0.05) is 19.3 Å². The Morgan fingerprint density at radius 1 is 1.08 bits per heavy atom. The SMILES string of the molecule is CC(C)(C)OC(=O)NC1CCCN2C(=O)N(C3CCCCC3)C(=O)CC12. The number of alkyl carbamates (subject to hydrolysis) is 1. The van der Waals surface area contributed by atoms with Crippen molar-refractivity contribution in [1.29, 1.82) is 0 Å². The monoisotopic (exact) mass is 365 g/mol. The zero-order chi connectivity index (χ0) is 18.9. The maximum atomic E-state index is 13.0. The minimum absolute atomic E-state index is 0.0453. The number of hydrogen-bond acceptors (Lipinski definition) is 4. The van der Waals surface area contributed by atoms with E-state index in [1.165, 1.54) is 11.3 Å². The summed E-state index contributed by atoms with van der Waals surface area (Å²) < 4.78 is 5.34. The summed E-state index contributed by atoms with van der Waals surface area (Å²) in [6.07, 6.45) is 6.52. The Hall–Kier alpha value is -1.79. The molecule has 1 N–H and O–H groups in total. The molecule has 0 bridgehead atoms. The van der Waals surface area contributed by atoms with Gasteiger partial charge in [0.25, 0.3) is 0 Å². The number of nitrogens with one attached hydrogen (secondary N) is 1. The smallest absolute Gasteiger partial charge is 0.407 e. The largest absolute Gasteiger partial charge is 0.444 e. The predicted molar refractivity (Wildman–Crippen MR) is 96.6 cm³/mol. The van der Waals surface area contributed by atoms with Gasteiger partial charge in [0.1, 0.15) is 5.60 Å². The maximum absolute atomic E-state index is 13.0. The number of piperidine rings is 1. The fourth-order valence-corrected chi connectivity index (χ4v) is 4.40. The molecule has 2 heterocycles. The lowest BCUT2D eigenvalue weighted by Gasteiger charge is -2.48. The predicted octanol–water partition coefficient (Wildman–Crippen LogP) is 3.03. The molecule has 0 aromatic heterocycles. The van der Waals surface area contributed by atoms with Gasteiger partial charge in [-0.15, -0.1) is 0 Å². The highest BCUT2D eigenvalue weighted by atomic mass is 16.6. The molecule has 3 aliphatic rings. The van der Waals surface area contributed by atoms with Gasteiger partial charge in [0, 0.05) is 19.0 Å². The standard InChI is InChI=1S/C19H31N3O4/c1-19(2,3)26-17(24)20-14-10-7-11-21-15(14)12-16(23)22(18(21)25)13-8-5-4-6-9-13/h13-15H,4-12H2,1-3H3,(H,20,24). The first-order valence-electron chi connectivity index (χ1n) is 9.88. The van der Waals surface area contributed by atoms with Crippen LogP contribution in [0.2, 0.25) is 0 Å². The molecule has 2 unspecified atom stereocenters. The van der Waals surface area contributed by atoms with Crippen LogP contribution in [0, 0.1) is 0 Å². The van der Waals surface area contributed by atoms with E-state index in [2.05, 4.69) is 5.32 Å². The van der Waals surface area contributed by atoms with Gasteiger partial charge in [-0.2, -0.15) is 0 Å². The van der Waals surface area contributed by atoms with Crippen LogP contribution in [0.4, 0.5) is 9.59 Å². The fourth-order valence-electron chi connectivity index (χ4n) is 4.40. The maximum Gasteiger partial charge on any atom is 0.407 e. The third kappa shape index (κ3) is 4.13. The van der Waals surface area contributed by atoms with Crippen molar-refractivity contribution < 1.29 is 19.1 Å². The Labute approximate surface area is 155 Å². The Morgan fingerprint density at radius 2 is 1.77 bits per heavy atom. The van der Waals surface area contributed by atoms with Crippen molar-refractivity contribution in [1.82, 2.24) is 15.1 Å². The first-order valence-corrected chi connectivity index (χ1v) is 9.88. The second-order valence-corrected chi connectivity index (χ2v) is 8.70. The van der Waals surface area contributed by atoms with Crippen molar-refractivity contribution in [3.05, 3.63) is 0 Å². The van der Waals surface area contributed by atoms with Crippen molar-refractivity contribution in [2.45, 2.75) is 95.9 Å². The van der Waals surface area contributed by atoms with E-state index in [-0.39, 0.29) is 36.5 Å². The number of ether oxygens (including phenoxy) is 1. The molecule has 4 amide bonds. The fraction of sp³-hybridized carbons (Fsp3) is 0.842. The molecule has 0 spiro atoms. The average Bonchev–Trinajstić information content (AvgIpc) is 2.55. The van der Waals surface area contributed by atoms with E-state index in [0.717, 1.165) is 38.5 Å². The van der Waals surface area contributed by atoms with Gasteiger partial charge < -0.3 is 15.0 Å². The topological polar surface area (TPSA) is 79.0 Å². The summed E-state index contributed by atoms with van der Waals surface area (Å²) >= 11 is 0. The number of hydrogen-bond donors (Lipinski definition) is 1. The highest BCUT2D eigenvalue weighted by Crippen LogP contribution is 2.32. The Balaban J connectivity index is 1.69. The number of carbonyl (C=O) groups is 3. The van der Waals surface area contributed by atoms with E-state index in [4.69, 9.17) is 4.74 Å². The third-order valence-corrected chi connectivity index (χ3v) is 5.53. The molecule has 7 heteroatoms. The van der Waals surface area contributed by atoms with Crippen LogP contribution >= 0.6 is 0 Å². The van der Waals surface area contributed by atoms with E-state index < -0.39 is 11.7 Å². The zero-order valence-electron chi connectivity index (χ0n) is 16.1. The van der Waals surface area contributed by atoms with Crippen LogP contribution in [0.15, 0.2) is 0 Å². The van der Waals surface area contributed by atoms with Crippen molar-refractivity contribution >= 4 is 18.0 Å². The molecule has 3 rings (SSSR count). The minimum Gasteiger partial charge on any atom is -0.444 e. The van der Waals surface area contributed by atoms with Crippen LogP contribution in [0.5, 0.6) is 0 Å². The van der Waals surface area contributed by atoms with Gasteiger partial charge in [0.2, 0.25) is 5.91 Å². The van der Waals surface area contributed by atoms with E-state index in [0.29, 0.717) is 6.54 Å². The lowest BCUT2D eigenvalue weighted by molar-refractivity contribution is -0.136. The number of urea groups is 1. The van der Waals surface area contributed by atoms with Crippen molar-refractivity contribution in [3.63, 3.8) is 0 Å². The molecule has 0 radical (unpaired) electrons. The van der Waals surface area contributed by atoms with Crippen LogP contribution in [0.25, 0.3) is 0 Å². The zero-order valence-corrected chi connectivity index (χ0v) is 16.1. The van der Waals surface area contributed by atoms with Crippen LogP contribution in [-0.2, 0) is 9.53 Å². The summed E-state index contributed by atoms with van der Waals surface area (Å²) in [5.74, 6) is -0.0963. The lowest BCUT2D eigenvalue weighted by Crippen LogP contribution is -2.66. The first kappa shape index (κ1) is 19.0. The van der Waals surface area contributed by atoms with Gasteiger partial charge in [0.15, 0.2) is 0 Å². The number of carbonyl (C=O) groups excluding carboxylic acids is 3. The highest BCUT2D eigenvalue weighted by molar-refractivity contribution is 5.98. The summed E-state index contributed by atoms with van der Waals surface area (Å²) in [5.41, 5.74) is -0.575. The molecule has 26 heavy (non-hydrogen) atoms. The second kappa shape index (κ2) is 7.45. The van der Waals surface area contributed by atoms with Crippen LogP contribution in [0.1, 0.15) is 72.1 Å². The highest BCUT2D eigenvalue weighted by Gasteiger charge is 2.46. The molecule has 146 valence electrons. The molecule has 0 aromatic rings. The first-order chi connectivity index (χ1) is 12.3. The van der Waals surface area contributed by atoms with E-state index in [1.807, 2.05) is 20.8 Å². The summed E-state index contributed by atoms with van der Waals surface area (Å²) in [4.78, 5) is 41.2. The molecule has 3 fully saturated rings. The van der Waals surface area contributed by atoms with Gasteiger partial charge in [-0.25, -0.2) is 9.59 Å². The van der Waals surface area contributed by atoms with Crippen molar-refractivity contribution in [3.8, 4) is 0 Å². The molecule has 2 saturated heterocycles. The Kier molecular flexibility index (Phi) is 5.44.